The van der Waals surface area contributed by atoms with Crippen molar-refractivity contribution in [3.8, 4) is 0 Å². The fourth-order valence-electron chi connectivity index (χ4n) is 2.23. The van der Waals surface area contributed by atoms with Crippen molar-refractivity contribution in [2.24, 2.45) is 4.99 Å². The Kier molecular flexibility index (Phi) is 7.83. The number of nitrogens with zero attached hydrogens (tertiary/aromatic N) is 2. The van der Waals surface area contributed by atoms with Gasteiger partial charge in [0, 0.05) is 20.1 Å². The second kappa shape index (κ2) is 9.40. The zero-order chi connectivity index (χ0) is 15.7. The predicted octanol–water partition coefficient (Wildman–Crippen LogP) is 2.43. The van der Waals surface area contributed by atoms with Gasteiger partial charge in [-0.2, -0.15) is 0 Å². The van der Waals surface area contributed by atoms with Gasteiger partial charge in [-0.05, 0) is 38.1 Å². The zero-order valence-electron chi connectivity index (χ0n) is 14.1. The highest BCUT2D eigenvalue weighted by atomic mass is 15.2. The molecule has 0 saturated carbocycles. The fraction of sp³-hybridized carbons (Fsp3) is 0.588. The summed E-state index contributed by atoms with van der Waals surface area (Å²) in [6.07, 6.45) is 2.18. The molecule has 0 bridgehead atoms. The molecule has 0 radical (unpaired) electrons. The van der Waals surface area contributed by atoms with Crippen molar-refractivity contribution >= 4 is 5.96 Å². The topological polar surface area (TPSA) is 39.7 Å². The fourth-order valence-corrected chi connectivity index (χ4v) is 2.23. The average Bonchev–Trinajstić information content (AvgIpc) is 2.50. The highest BCUT2D eigenvalue weighted by Crippen LogP contribution is 2.18. The Balaban J connectivity index is 2.68. The number of likely N-dealkylation sites (N-methyl/N-ethyl adjacent to an activating group) is 1. The van der Waals surface area contributed by atoms with Crippen molar-refractivity contribution in [2.45, 2.75) is 32.7 Å². The normalized spacial score (nSPS) is 13.3. The Hall–Kier alpha value is -1.55. The van der Waals surface area contributed by atoms with Gasteiger partial charge in [0.15, 0.2) is 5.96 Å². The lowest BCUT2D eigenvalue weighted by molar-refractivity contribution is 0.298. The highest BCUT2D eigenvalue weighted by Gasteiger charge is 2.14. The maximum absolute atomic E-state index is 4.25. The quantitative estimate of drug-likeness (QED) is 0.598. The molecule has 0 aliphatic carbocycles. The minimum absolute atomic E-state index is 0.330. The van der Waals surface area contributed by atoms with E-state index >= 15 is 0 Å². The van der Waals surface area contributed by atoms with Gasteiger partial charge in [-0.3, -0.25) is 4.99 Å². The molecule has 4 nitrogen and oxygen atoms in total. The van der Waals surface area contributed by atoms with Gasteiger partial charge in [-0.25, -0.2) is 0 Å². The number of aliphatic imine (C=N–C) groups is 1. The van der Waals surface area contributed by atoms with E-state index in [1.165, 1.54) is 11.1 Å². The minimum Gasteiger partial charge on any atom is -0.356 e. The number of benzene rings is 1. The molecule has 2 N–H and O–H groups in total. The summed E-state index contributed by atoms with van der Waals surface area (Å²) in [6.45, 7) is 6.11. The van der Waals surface area contributed by atoms with E-state index < -0.39 is 0 Å². The molecule has 0 spiro atoms. The predicted molar refractivity (Wildman–Crippen MR) is 91.9 cm³/mol. The first kappa shape index (κ1) is 17.5. The SMILES string of the molecule is CCCNC(=NC)NCC(c1ccc(CC)cc1)N(C)C. The lowest BCUT2D eigenvalue weighted by Crippen LogP contribution is -2.41. The van der Waals surface area contributed by atoms with E-state index in [0.29, 0.717) is 6.04 Å². The van der Waals surface area contributed by atoms with E-state index in [2.05, 4.69) is 72.7 Å². The molecule has 0 amide bonds. The van der Waals surface area contributed by atoms with Crippen LogP contribution in [-0.4, -0.2) is 45.1 Å². The van der Waals surface area contributed by atoms with Crippen molar-refractivity contribution < 1.29 is 0 Å². The van der Waals surface area contributed by atoms with Gasteiger partial charge < -0.3 is 15.5 Å². The summed E-state index contributed by atoms with van der Waals surface area (Å²) in [5.74, 6) is 0.869. The first-order chi connectivity index (χ1) is 10.1. The van der Waals surface area contributed by atoms with Crippen LogP contribution in [0.25, 0.3) is 0 Å². The summed E-state index contributed by atoms with van der Waals surface area (Å²) < 4.78 is 0. The monoisotopic (exact) mass is 290 g/mol. The van der Waals surface area contributed by atoms with Crippen LogP contribution in [0.1, 0.15) is 37.4 Å². The zero-order valence-corrected chi connectivity index (χ0v) is 14.1. The van der Waals surface area contributed by atoms with Crippen molar-refractivity contribution in [2.75, 3.05) is 34.2 Å². The first-order valence-corrected chi connectivity index (χ1v) is 7.82. The van der Waals surface area contributed by atoms with Crippen LogP contribution in [0.2, 0.25) is 0 Å². The molecule has 1 aromatic rings. The molecule has 0 aliphatic heterocycles. The summed E-state index contributed by atoms with van der Waals surface area (Å²) in [6, 6.07) is 9.23. The average molecular weight is 290 g/mol. The third kappa shape index (κ3) is 5.76. The number of hydrogen-bond donors (Lipinski definition) is 2. The Morgan fingerprint density at radius 2 is 1.81 bits per heavy atom. The van der Waals surface area contributed by atoms with Crippen molar-refractivity contribution in [1.29, 1.82) is 0 Å². The molecule has 0 saturated heterocycles. The molecular weight excluding hydrogens is 260 g/mol. The Morgan fingerprint density at radius 1 is 1.14 bits per heavy atom. The van der Waals surface area contributed by atoms with Crippen LogP contribution < -0.4 is 10.6 Å². The second-order valence-electron chi connectivity index (χ2n) is 5.45. The van der Waals surface area contributed by atoms with Crippen LogP contribution in [0.4, 0.5) is 0 Å². The smallest absolute Gasteiger partial charge is 0.191 e. The summed E-state index contributed by atoms with van der Waals surface area (Å²) in [5, 5.41) is 6.71. The molecule has 0 aromatic heterocycles. The summed E-state index contributed by atoms with van der Waals surface area (Å²) in [7, 11) is 6.04. The van der Waals surface area contributed by atoms with Gasteiger partial charge in [0.05, 0.1) is 6.04 Å². The van der Waals surface area contributed by atoms with Crippen LogP contribution in [-0.2, 0) is 6.42 Å². The van der Waals surface area contributed by atoms with Crippen molar-refractivity contribution in [3.63, 3.8) is 0 Å². The molecule has 1 rings (SSSR count). The maximum Gasteiger partial charge on any atom is 0.191 e. The third-order valence-electron chi connectivity index (χ3n) is 3.62. The summed E-state index contributed by atoms with van der Waals surface area (Å²) in [5.41, 5.74) is 2.71. The second-order valence-corrected chi connectivity index (χ2v) is 5.45. The van der Waals surface area contributed by atoms with Crippen LogP contribution >= 0.6 is 0 Å². The van der Waals surface area contributed by atoms with E-state index in [1.807, 2.05) is 7.05 Å². The largest absolute Gasteiger partial charge is 0.356 e. The molecule has 0 heterocycles. The molecule has 1 aromatic carbocycles. The van der Waals surface area contributed by atoms with Crippen LogP contribution in [0, 0.1) is 0 Å². The molecular formula is C17H30N4. The standard InChI is InChI=1S/C17H30N4/c1-6-12-19-17(18-3)20-13-16(21(4)5)15-10-8-14(7-2)9-11-15/h8-11,16H,6-7,12-13H2,1-5H3,(H2,18,19,20). The number of hydrogen-bond acceptors (Lipinski definition) is 2. The van der Waals surface area contributed by atoms with Gasteiger partial charge in [0.25, 0.3) is 0 Å². The van der Waals surface area contributed by atoms with E-state index in [1.54, 1.807) is 0 Å². The van der Waals surface area contributed by atoms with E-state index in [0.717, 1.165) is 31.9 Å². The molecule has 21 heavy (non-hydrogen) atoms. The molecule has 118 valence electrons. The molecule has 4 heteroatoms. The Morgan fingerprint density at radius 3 is 2.29 bits per heavy atom. The molecule has 1 atom stereocenters. The van der Waals surface area contributed by atoms with Gasteiger partial charge in [0.1, 0.15) is 0 Å². The third-order valence-corrected chi connectivity index (χ3v) is 3.62. The number of nitrogens with one attached hydrogen (secondary N) is 2. The van der Waals surface area contributed by atoms with Crippen LogP contribution in [0.15, 0.2) is 29.3 Å². The highest BCUT2D eigenvalue weighted by molar-refractivity contribution is 5.79. The van der Waals surface area contributed by atoms with Crippen molar-refractivity contribution in [3.05, 3.63) is 35.4 Å². The van der Waals surface area contributed by atoms with Gasteiger partial charge in [-0.1, -0.05) is 38.1 Å². The van der Waals surface area contributed by atoms with Gasteiger partial charge >= 0.3 is 0 Å². The van der Waals surface area contributed by atoms with E-state index in [4.69, 9.17) is 0 Å². The number of rotatable bonds is 7. The van der Waals surface area contributed by atoms with Crippen molar-refractivity contribution in [1.82, 2.24) is 15.5 Å². The first-order valence-electron chi connectivity index (χ1n) is 7.82. The van der Waals surface area contributed by atoms with E-state index in [9.17, 15) is 0 Å². The lowest BCUT2D eigenvalue weighted by atomic mass is 10.0. The summed E-state index contributed by atoms with van der Waals surface area (Å²) in [4.78, 5) is 6.49. The van der Waals surface area contributed by atoms with Crippen LogP contribution in [0.3, 0.4) is 0 Å². The molecule has 0 fully saturated rings. The van der Waals surface area contributed by atoms with Crippen LogP contribution in [0.5, 0.6) is 0 Å². The molecule has 1 unspecified atom stereocenters. The lowest BCUT2D eigenvalue weighted by Gasteiger charge is -2.26. The van der Waals surface area contributed by atoms with Gasteiger partial charge in [0.2, 0.25) is 0 Å². The summed E-state index contributed by atoms with van der Waals surface area (Å²) >= 11 is 0. The number of aryl methyl sites for hydroxylation is 1. The maximum atomic E-state index is 4.25. The molecule has 0 aliphatic rings. The van der Waals surface area contributed by atoms with E-state index in [-0.39, 0.29) is 0 Å². The minimum atomic E-state index is 0.330. The number of guanidine groups is 1. The Labute approximate surface area is 129 Å². The Bertz CT molecular complexity index is 423. The van der Waals surface area contributed by atoms with Gasteiger partial charge in [-0.15, -0.1) is 0 Å².